The SMILES string of the molecule is COc1ccc(CCNC(=O)C(=O)NC[C@H]2OCCN2S(=O)(=O)c2ccc(OC)c(C)c2)cc1. The first-order valence-corrected chi connectivity index (χ1v) is 12.2. The maximum Gasteiger partial charge on any atom is 0.309 e. The van der Waals surface area contributed by atoms with Gasteiger partial charge in [-0.15, -0.1) is 0 Å². The number of rotatable bonds is 9. The molecule has 0 radical (unpaired) electrons. The average Bonchev–Trinajstić information content (AvgIpc) is 3.32. The Balaban J connectivity index is 1.51. The van der Waals surface area contributed by atoms with Crippen LogP contribution >= 0.6 is 0 Å². The zero-order valence-electron chi connectivity index (χ0n) is 19.4. The van der Waals surface area contributed by atoms with Crippen LogP contribution in [0.5, 0.6) is 11.5 Å². The number of aryl methyl sites for hydroxylation is 1. The predicted molar refractivity (Wildman–Crippen MR) is 124 cm³/mol. The van der Waals surface area contributed by atoms with E-state index in [1.807, 2.05) is 24.3 Å². The quantitative estimate of drug-likeness (QED) is 0.498. The summed E-state index contributed by atoms with van der Waals surface area (Å²) in [5.41, 5.74) is 1.66. The minimum absolute atomic E-state index is 0.101. The van der Waals surface area contributed by atoms with Crippen LogP contribution in [0, 0.1) is 6.92 Å². The van der Waals surface area contributed by atoms with Gasteiger partial charge in [0.1, 0.15) is 17.7 Å². The number of benzene rings is 2. The number of nitrogens with zero attached hydrogens (tertiary/aromatic N) is 1. The van der Waals surface area contributed by atoms with Crippen LogP contribution in [-0.4, -0.2) is 71.2 Å². The first kappa shape index (κ1) is 25.5. The average molecular weight is 492 g/mol. The summed E-state index contributed by atoms with van der Waals surface area (Å²) in [5.74, 6) is -0.340. The lowest BCUT2D eigenvalue weighted by Crippen LogP contribution is -2.47. The summed E-state index contributed by atoms with van der Waals surface area (Å²) in [6.07, 6.45) is -0.370. The molecule has 0 spiro atoms. The third-order valence-electron chi connectivity index (χ3n) is 5.42. The Hall–Kier alpha value is -3.15. The maximum absolute atomic E-state index is 13.1. The summed E-state index contributed by atoms with van der Waals surface area (Å²) in [6, 6.07) is 12.0. The highest BCUT2D eigenvalue weighted by Gasteiger charge is 2.37. The maximum atomic E-state index is 13.1. The number of hydrogen-bond acceptors (Lipinski definition) is 7. The highest BCUT2D eigenvalue weighted by Crippen LogP contribution is 2.26. The van der Waals surface area contributed by atoms with Gasteiger partial charge in [0.15, 0.2) is 0 Å². The summed E-state index contributed by atoms with van der Waals surface area (Å²) in [4.78, 5) is 24.4. The fourth-order valence-electron chi connectivity index (χ4n) is 3.54. The Bertz CT molecular complexity index is 1120. The van der Waals surface area contributed by atoms with Crippen molar-refractivity contribution in [2.24, 2.45) is 0 Å². The minimum atomic E-state index is -3.86. The number of hydrogen-bond donors (Lipinski definition) is 2. The molecule has 1 aliphatic heterocycles. The van der Waals surface area contributed by atoms with Gasteiger partial charge in [-0.1, -0.05) is 12.1 Å². The van der Waals surface area contributed by atoms with Gasteiger partial charge >= 0.3 is 11.8 Å². The van der Waals surface area contributed by atoms with Gasteiger partial charge in [-0.05, 0) is 54.8 Å². The Morgan fingerprint density at radius 3 is 2.41 bits per heavy atom. The largest absolute Gasteiger partial charge is 0.497 e. The molecule has 3 rings (SSSR count). The molecule has 2 amide bonds. The van der Waals surface area contributed by atoms with E-state index in [-0.39, 0.29) is 31.1 Å². The monoisotopic (exact) mass is 491 g/mol. The molecule has 0 bridgehead atoms. The standard InChI is InChI=1S/C23H29N3O7S/c1-16-14-19(8-9-20(16)32-3)34(29,30)26-12-13-33-21(26)15-25-23(28)22(27)24-11-10-17-4-6-18(31-2)7-5-17/h4-9,14,21H,10-13,15H2,1-3H3,(H,24,27)(H,25,28)/t21-/m1/s1. The van der Waals surface area contributed by atoms with Crippen molar-refractivity contribution >= 4 is 21.8 Å². The van der Waals surface area contributed by atoms with E-state index in [0.29, 0.717) is 17.7 Å². The highest BCUT2D eigenvalue weighted by atomic mass is 32.2. The van der Waals surface area contributed by atoms with Gasteiger partial charge in [-0.2, -0.15) is 4.31 Å². The molecule has 2 aromatic carbocycles. The zero-order chi connectivity index (χ0) is 24.7. The molecule has 0 aliphatic carbocycles. The molecule has 2 aromatic rings. The van der Waals surface area contributed by atoms with Gasteiger partial charge in [0.2, 0.25) is 10.0 Å². The lowest BCUT2D eigenvalue weighted by molar-refractivity contribution is -0.139. The summed E-state index contributed by atoms with van der Waals surface area (Å²) >= 11 is 0. The number of sulfonamides is 1. The van der Waals surface area contributed by atoms with Crippen molar-refractivity contribution in [3.8, 4) is 11.5 Å². The first-order valence-electron chi connectivity index (χ1n) is 10.7. The number of ether oxygens (including phenoxy) is 3. The Labute approximate surface area is 199 Å². The van der Waals surface area contributed by atoms with Crippen molar-refractivity contribution in [1.29, 1.82) is 0 Å². The van der Waals surface area contributed by atoms with Crippen LogP contribution in [0.15, 0.2) is 47.4 Å². The summed E-state index contributed by atoms with van der Waals surface area (Å²) < 4.78 is 43.2. The zero-order valence-corrected chi connectivity index (χ0v) is 20.2. The van der Waals surface area contributed by atoms with Crippen molar-refractivity contribution in [2.45, 2.75) is 24.5 Å². The van der Waals surface area contributed by atoms with Gasteiger partial charge in [0.25, 0.3) is 0 Å². The van der Waals surface area contributed by atoms with E-state index in [1.54, 1.807) is 20.1 Å². The van der Waals surface area contributed by atoms with Gasteiger partial charge < -0.3 is 24.8 Å². The lowest BCUT2D eigenvalue weighted by Gasteiger charge is -2.23. The van der Waals surface area contributed by atoms with Crippen molar-refractivity contribution in [1.82, 2.24) is 14.9 Å². The van der Waals surface area contributed by atoms with Crippen LogP contribution in [0.25, 0.3) is 0 Å². The van der Waals surface area contributed by atoms with Crippen LogP contribution in [-0.2, 0) is 30.8 Å². The molecule has 0 unspecified atom stereocenters. The van der Waals surface area contributed by atoms with Crippen LogP contribution in [0.3, 0.4) is 0 Å². The van der Waals surface area contributed by atoms with Crippen LogP contribution in [0.1, 0.15) is 11.1 Å². The highest BCUT2D eigenvalue weighted by molar-refractivity contribution is 7.89. The van der Waals surface area contributed by atoms with Crippen LogP contribution in [0.4, 0.5) is 0 Å². The van der Waals surface area contributed by atoms with E-state index < -0.39 is 28.1 Å². The molecule has 0 saturated carbocycles. The predicted octanol–water partition coefficient (Wildman–Crippen LogP) is 0.834. The summed E-state index contributed by atoms with van der Waals surface area (Å²) in [5, 5.41) is 5.01. The molecule has 10 nitrogen and oxygen atoms in total. The molecule has 2 N–H and O–H groups in total. The van der Waals surface area contributed by atoms with E-state index >= 15 is 0 Å². The van der Waals surface area contributed by atoms with Crippen molar-refractivity contribution in [3.05, 3.63) is 53.6 Å². The summed E-state index contributed by atoms with van der Waals surface area (Å²) in [7, 11) is -0.766. The van der Waals surface area contributed by atoms with E-state index in [2.05, 4.69) is 10.6 Å². The van der Waals surface area contributed by atoms with Crippen molar-refractivity contribution < 1.29 is 32.2 Å². The van der Waals surface area contributed by atoms with Crippen LogP contribution < -0.4 is 20.1 Å². The van der Waals surface area contributed by atoms with Gasteiger partial charge in [-0.3, -0.25) is 9.59 Å². The van der Waals surface area contributed by atoms with E-state index in [9.17, 15) is 18.0 Å². The third-order valence-corrected chi connectivity index (χ3v) is 7.30. The molecule has 1 heterocycles. The molecule has 1 fully saturated rings. The number of nitrogens with one attached hydrogen (secondary N) is 2. The number of methoxy groups -OCH3 is 2. The normalized spacial score (nSPS) is 16.1. The number of amides is 2. The van der Waals surface area contributed by atoms with Gasteiger partial charge in [-0.25, -0.2) is 8.42 Å². The Morgan fingerprint density at radius 2 is 1.76 bits per heavy atom. The van der Waals surface area contributed by atoms with Gasteiger partial charge in [0, 0.05) is 13.1 Å². The molecule has 34 heavy (non-hydrogen) atoms. The molecule has 184 valence electrons. The number of carbonyl (C=O) groups is 2. The Morgan fingerprint density at radius 1 is 1.06 bits per heavy atom. The van der Waals surface area contributed by atoms with E-state index in [4.69, 9.17) is 14.2 Å². The lowest BCUT2D eigenvalue weighted by atomic mass is 10.1. The first-order chi connectivity index (χ1) is 16.3. The molecule has 1 atom stereocenters. The second kappa shape index (κ2) is 11.3. The number of carbonyl (C=O) groups excluding carboxylic acids is 2. The van der Waals surface area contributed by atoms with Gasteiger partial charge in [0.05, 0.1) is 32.3 Å². The fourth-order valence-corrected chi connectivity index (χ4v) is 5.14. The van der Waals surface area contributed by atoms with E-state index in [0.717, 1.165) is 11.3 Å². The smallest absolute Gasteiger partial charge is 0.309 e. The second-order valence-corrected chi connectivity index (χ2v) is 9.53. The molecule has 0 aromatic heterocycles. The molecular weight excluding hydrogens is 462 g/mol. The Kier molecular flexibility index (Phi) is 8.48. The van der Waals surface area contributed by atoms with Crippen molar-refractivity contribution in [3.63, 3.8) is 0 Å². The molecule has 1 saturated heterocycles. The minimum Gasteiger partial charge on any atom is -0.497 e. The molecular formula is C23H29N3O7S. The molecule has 11 heteroatoms. The second-order valence-electron chi connectivity index (χ2n) is 7.64. The topological polar surface area (TPSA) is 123 Å². The third kappa shape index (κ3) is 6.04. The van der Waals surface area contributed by atoms with E-state index in [1.165, 1.54) is 23.5 Å². The summed E-state index contributed by atoms with van der Waals surface area (Å²) in [6.45, 7) is 2.20. The fraction of sp³-hybridized carbons (Fsp3) is 0.391. The van der Waals surface area contributed by atoms with Crippen LogP contribution in [0.2, 0.25) is 0 Å². The van der Waals surface area contributed by atoms with Crippen molar-refractivity contribution in [2.75, 3.05) is 40.5 Å². The molecule has 1 aliphatic rings.